The number of benzene rings is 2. The second-order valence-corrected chi connectivity index (χ2v) is 9.02. The van der Waals surface area contributed by atoms with Gasteiger partial charge in [0.25, 0.3) is 0 Å². The number of halogens is 7. The summed E-state index contributed by atoms with van der Waals surface area (Å²) in [5, 5.41) is 1.52. The van der Waals surface area contributed by atoms with Gasteiger partial charge in [-0.15, -0.1) is 0 Å². The Balaban J connectivity index is 2.69. The molecule has 0 spiro atoms. The third-order valence-electron chi connectivity index (χ3n) is 2.79. The molecular formula is C13H6Cl7. The van der Waals surface area contributed by atoms with Crippen molar-refractivity contribution in [2.45, 2.75) is 12.5 Å². The highest BCUT2D eigenvalue weighted by atomic mass is 35.6. The van der Waals surface area contributed by atoms with Gasteiger partial charge in [-0.2, -0.15) is 0 Å². The second-order valence-electron chi connectivity index (χ2n) is 4.08. The van der Waals surface area contributed by atoms with Crippen LogP contribution in [0.15, 0.2) is 36.4 Å². The van der Waals surface area contributed by atoms with Crippen LogP contribution >= 0.6 is 81.2 Å². The van der Waals surface area contributed by atoms with Crippen molar-refractivity contribution in [2.24, 2.45) is 0 Å². The van der Waals surface area contributed by atoms with Gasteiger partial charge >= 0.3 is 0 Å². The van der Waals surface area contributed by atoms with E-state index in [0.29, 0.717) is 5.56 Å². The molecular weight excluding hydrogens is 404 g/mol. The lowest BCUT2D eigenvalue weighted by atomic mass is 10.00. The molecule has 7 heteroatoms. The number of rotatable bonds is 2. The highest BCUT2D eigenvalue weighted by Gasteiger charge is 2.61. The van der Waals surface area contributed by atoms with Crippen molar-refractivity contribution < 1.29 is 0 Å². The molecule has 0 aliphatic heterocycles. The van der Waals surface area contributed by atoms with Gasteiger partial charge < -0.3 is 0 Å². The Bertz CT molecular complexity index is 623. The molecule has 0 atom stereocenters. The molecule has 0 nitrogen and oxygen atoms in total. The average Bonchev–Trinajstić information content (AvgIpc) is 2.36. The van der Waals surface area contributed by atoms with Gasteiger partial charge in [0.15, 0.2) is 4.33 Å². The minimum atomic E-state index is -2.08. The summed E-state index contributed by atoms with van der Waals surface area (Å²) in [6, 6.07) is 13.7. The minimum absolute atomic E-state index is 0.437. The van der Waals surface area contributed by atoms with Crippen molar-refractivity contribution in [3.05, 3.63) is 48.0 Å². The van der Waals surface area contributed by atoms with Crippen LogP contribution in [0.25, 0.3) is 10.8 Å². The van der Waals surface area contributed by atoms with Gasteiger partial charge in [0, 0.05) is 0 Å². The molecule has 2 rings (SSSR count). The first-order valence-corrected chi connectivity index (χ1v) is 7.96. The molecule has 0 unspecified atom stereocenters. The lowest BCUT2D eigenvalue weighted by Gasteiger charge is -2.38. The summed E-state index contributed by atoms with van der Waals surface area (Å²) in [5.41, 5.74) is 0.437. The maximum Gasteiger partial charge on any atom is 0.226 e. The van der Waals surface area contributed by atoms with Gasteiger partial charge in [-0.25, -0.2) is 0 Å². The molecule has 0 aliphatic carbocycles. The van der Waals surface area contributed by atoms with E-state index >= 15 is 0 Å². The van der Waals surface area contributed by atoms with Gasteiger partial charge in [-0.3, -0.25) is 0 Å². The van der Waals surface area contributed by atoms with Crippen LogP contribution in [0.3, 0.4) is 0 Å². The molecule has 0 fully saturated rings. The molecule has 0 heterocycles. The van der Waals surface area contributed by atoms with Crippen molar-refractivity contribution in [3.8, 4) is 0 Å². The second kappa shape index (κ2) is 5.74. The summed E-state index contributed by atoms with van der Waals surface area (Å²) in [7, 11) is 0. The van der Waals surface area contributed by atoms with Crippen molar-refractivity contribution in [1.29, 1.82) is 0 Å². The SMILES string of the molecule is ClC(Cl)(Cl)C(Cl)(Cl)C(Cl)(Cl)c1cccc2[c]cccc12. The highest BCUT2D eigenvalue weighted by Crippen LogP contribution is 2.61. The van der Waals surface area contributed by atoms with Crippen molar-refractivity contribution in [2.75, 3.05) is 0 Å². The van der Waals surface area contributed by atoms with E-state index in [1.807, 2.05) is 12.1 Å². The lowest BCUT2D eigenvalue weighted by molar-refractivity contribution is 0.703. The number of hydrogen-bond acceptors (Lipinski definition) is 0. The van der Waals surface area contributed by atoms with Crippen LogP contribution in [0.5, 0.6) is 0 Å². The van der Waals surface area contributed by atoms with Crippen LogP contribution in [0.1, 0.15) is 5.56 Å². The molecule has 0 aromatic heterocycles. The van der Waals surface area contributed by atoms with Crippen LogP contribution in [0.4, 0.5) is 0 Å². The molecule has 2 aromatic rings. The first-order valence-electron chi connectivity index (χ1n) is 5.31. The van der Waals surface area contributed by atoms with Gasteiger partial charge in [-0.05, 0) is 22.4 Å². The summed E-state index contributed by atoms with van der Waals surface area (Å²) < 4.78 is -5.98. The van der Waals surface area contributed by atoms with Crippen LogP contribution in [-0.4, -0.2) is 8.13 Å². The van der Waals surface area contributed by atoms with E-state index in [-0.39, 0.29) is 0 Å². The molecule has 0 N–H and O–H groups in total. The third-order valence-corrected chi connectivity index (χ3v) is 6.72. The first kappa shape index (κ1) is 17.1. The predicted octanol–water partition coefficient (Wildman–Crippen LogP) is 6.81. The normalized spacial score (nSPS) is 13.8. The standard InChI is InChI=1S/C13H6Cl7/c14-11(15,12(16,17)13(18,19)20)10-7-3-5-8-4-1-2-6-9(8)10/h1-3,5-7H. The van der Waals surface area contributed by atoms with Gasteiger partial charge in [0.2, 0.25) is 8.13 Å². The fourth-order valence-electron chi connectivity index (χ4n) is 1.77. The van der Waals surface area contributed by atoms with E-state index in [9.17, 15) is 0 Å². The Hall–Kier alpha value is 0.730. The molecule has 1 radical (unpaired) electrons. The zero-order valence-corrected chi connectivity index (χ0v) is 14.9. The van der Waals surface area contributed by atoms with Gasteiger partial charge in [0.1, 0.15) is 0 Å². The Labute approximate surface area is 151 Å². The van der Waals surface area contributed by atoms with E-state index in [0.717, 1.165) is 10.8 Å². The molecule has 0 aliphatic rings. The van der Waals surface area contributed by atoms with E-state index in [1.165, 1.54) is 0 Å². The average molecular weight is 410 g/mol. The molecule has 20 heavy (non-hydrogen) atoms. The zero-order chi connectivity index (χ0) is 15.2. The molecule has 0 saturated heterocycles. The van der Waals surface area contributed by atoms with Crippen LogP contribution in [-0.2, 0) is 4.33 Å². The predicted molar refractivity (Wildman–Crippen MR) is 90.9 cm³/mol. The van der Waals surface area contributed by atoms with E-state index in [1.54, 1.807) is 24.3 Å². The largest absolute Gasteiger partial charge is 0.226 e. The first-order chi connectivity index (χ1) is 9.09. The third kappa shape index (κ3) is 2.82. The van der Waals surface area contributed by atoms with Crippen molar-refractivity contribution in [3.63, 3.8) is 0 Å². The number of hydrogen-bond donors (Lipinski definition) is 0. The minimum Gasteiger partial charge on any atom is -0.0930 e. The van der Waals surface area contributed by atoms with Crippen molar-refractivity contribution >= 4 is 92.0 Å². The number of fused-ring (bicyclic) bond motifs is 1. The Morgan fingerprint density at radius 2 is 1.45 bits per heavy atom. The molecule has 0 bridgehead atoms. The zero-order valence-electron chi connectivity index (χ0n) is 9.61. The summed E-state index contributed by atoms with van der Waals surface area (Å²) in [6.45, 7) is 0. The monoisotopic (exact) mass is 407 g/mol. The fourth-order valence-corrected chi connectivity index (χ4v) is 3.31. The Morgan fingerprint density at radius 1 is 0.800 bits per heavy atom. The Morgan fingerprint density at radius 3 is 2.05 bits per heavy atom. The summed E-state index contributed by atoms with van der Waals surface area (Å²) in [6.07, 6.45) is 0. The Kier molecular flexibility index (Phi) is 4.90. The molecule has 0 amide bonds. The van der Waals surface area contributed by atoms with Gasteiger partial charge in [0.05, 0.1) is 0 Å². The molecule has 0 saturated carbocycles. The fraction of sp³-hybridized carbons (Fsp3) is 0.231. The van der Waals surface area contributed by atoms with Crippen molar-refractivity contribution in [1.82, 2.24) is 0 Å². The lowest BCUT2D eigenvalue weighted by Crippen LogP contribution is -2.45. The molecule has 107 valence electrons. The van der Waals surface area contributed by atoms with Crippen LogP contribution < -0.4 is 0 Å². The number of alkyl halides is 7. The van der Waals surface area contributed by atoms with E-state index in [4.69, 9.17) is 81.2 Å². The maximum absolute atomic E-state index is 6.35. The van der Waals surface area contributed by atoms with E-state index < -0.39 is 12.5 Å². The maximum atomic E-state index is 6.35. The smallest absolute Gasteiger partial charge is 0.0930 e. The summed E-state index contributed by atoms with van der Waals surface area (Å²) >= 11 is 42.4. The van der Waals surface area contributed by atoms with E-state index in [2.05, 4.69) is 6.07 Å². The quantitative estimate of drug-likeness (QED) is 0.477. The van der Waals surface area contributed by atoms with Crippen LogP contribution in [0.2, 0.25) is 0 Å². The highest BCUT2D eigenvalue weighted by molar-refractivity contribution is 6.78. The summed E-state index contributed by atoms with van der Waals surface area (Å²) in [5.74, 6) is 0. The van der Waals surface area contributed by atoms with Gasteiger partial charge in [-0.1, -0.05) is 118 Å². The van der Waals surface area contributed by atoms with Crippen LogP contribution in [0, 0.1) is 6.07 Å². The molecule has 2 aromatic carbocycles. The summed E-state index contributed by atoms with van der Waals surface area (Å²) in [4.78, 5) is 0. The topological polar surface area (TPSA) is 0 Å².